The molecule has 17 heavy (non-hydrogen) atoms. The third kappa shape index (κ3) is 3.11. The van der Waals surface area contributed by atoms with E-state index in [1.807, 2.05) is 13.0 Å². The molecule has 0 amide bonds. The molecule has 94 valence electrons. The molecule has 1 aliphatic rings. The molecular weight excluding hydrogens is 212 g/mol. The second kappa shape index (κ2) is 5.89. The first kappa shape index (κ1) is 12.2. The van der Waals surface area contributed by atoms with Gasteiger partial charge in [0.05, 0.1) is 12.3 Å². The number of hydrogen-bond donors (Lipinski definition) is 1. The number of rotatable bonds is 4. The summed E-state index contributed by atoms with van der Waals surface area (Å²) in [5.41, 5.74) is 1.04. The zero-order valence-electron chi connectivity index (χ0n) is 10.8. The van der Waals surface area contributed by atoms with Crippen molar-refractivity contribution < 1.29 is 4.74 Å². The molecule has 1 saturated carbocycles. The fraction of sp³-hybridized carbons (Fsp3) is 0.643. The van der Waals surface area contributed by atoms with E-state index in [0.29, 0.717) is 12.6 Å². The number of nitrogens with one attached hydrogen (secondary N) is 1. The smallest absolute Gasteiger partial charge is 0.237 e. The molecule has 1 N–H and O–H groups in total. The summed E-state index contributed by atoms with van der Waals surface area (Å²) in [6, 6.07) is 4.57. The maximum absolute atomic E-state index is 5.54. The summed E-state index contributed by atoms with van der Waals surface area (Å²) in [6.45, 7) is 4.97. The molecule has 0 aromatic carbocycles. The molecule has 2 unspecified atom stereocenters. The maximum Gasteiger partial charge on any atom is 0.237 e. The van der Waals surface area contributed by atoms with Crippen molar-refractivity contribution in [2.75, 3.05) is 11.9 Å². The average Bonchev–Trinajstić information content (AvgIpc) is 2.35. The topological polar surface area (TPSA) is 34.1 Å². The van der Waals surface area contributed by atoms with Crippen LogP contribution < -0.4 is 10.1 Å². The van der Waals surface area contributed by atoms with Crippen LogP contribution in [-0.4, -0.2) is 17.6 Å². The lowest BCUT2D eigenvalue weighted by atomic mass is 9.86. The van der Waals surface area contributed by atoms with Crippen LogP contribution in [-0.2, 0) is 0 Å². The molecule has 1 heterocycles. The molecule has 0 radical (unpaired) electrons. The van der Waals surface area contributed by atoms with Gasteiger partial charge in [-0.25, -0.2) is 4.98 Å². The van der Waals surface area contributed by atoms with Gasteiger partial charge in [-0.3, -0.25) is 0 Å². The van der Waals surface area contributed by atoms with Crippen LogP contribution in [0.1, 0.15) is 39.5 Å². The first-order valence-electron chi connectivity index (χ1n) is 6.65. The Labute approximate surface area is 104 Å². The van der Waals surface area contributed by atoms with Gasteiger partial charge in [-0.05, 0) is 37.8 Å². The van der Waals surface area contributed by atoms with Crippen molar-refractivity contribution in [3.63, 3.8) is 0 Å². The van der Waals surface area contributed by atoms with Gasteiger partial charge in [-0.15, -0.1) is 0 Å². The number of nitrogens with zero attached hydrogens (tertiary/aromatic N) is 1. The molecule has 3 heteroatoms. The van der Waals surface area contributed by atoms with Gasteiger partial charge in [0.15, 0.2) is 0 Å². The Kier molecular flexibility index (Phi) is 4.24. The Hall–Kier alpha value is -1.25. The van der Waals surface area contributed by atoms with Crippen LogP contribution in [0.2, 0.25) is 0 Å². The first-order chi connectivity index (χ1) is 8.31. The van der Waals surface area contributed by atoms with Crippen molar-refractivity contribution in [1.82, 2.24) is 4.98 Å². The van der Waals surface area contributed by atoms with E-state index in [-0.39, 0.29) is 0 Å². The standard InChI is InChI=1S/C14H22N2O/c1-3-17-14-13(9-6-10-15-14)16-12-8-5-4-7-11(12)2/h6,9-12,16H,3-5,7-8H2,1-2H3. The van der Waals surface area contributed by atoms with Crippen molar-refractivity contribution in [1.29, 1.82) is 0 Å². The molecule has 2 rings (SSSR count). The molecule has 1 aliphatic carbocycles. The highest BCUT2D eigenvalue weighted by Crippen LogP contribution is 2.29. The predicted octanol–water partition coefficient (Wildman–Crippen LogP) is 3.47. The monoisotopic (exact) mass is 234 g/mol. The van der Waals surface area contributed by atoms with Crippen LogP contribution in [0, 0.1) is 5.92 Å². The van der Waals surface area contributed by atoms with Crippen molar-refractivity contribution in [2.24, 2.45) is 5.92 Å². The Morgan fingerprint density at radius 3 is 3.00 bits per heavy atom. The lowest BCUT2D eigenvalue weighted by molar-refractivity contribution is 0.323. The minimum atomic E-state index is 0.562. The minimum Gasteiger partial charge on any atom is -0.476 e. The van der Waals surface area contributed by atoms with Crippen LogP contribution in [0.15, 0.2) is 18.3 Å². The minimum absolute atomic E-state index is 0.562. The second-order valence-electron chi connectivity index (χ2n) is 4.80. The maximum atomic E-state index is 5.54. The van der Waals surface area contributed by atoms with Gasteiger partial charge in [0.25, 0.3) is 0 Å². The largest absolute Gasteiger partial charge is 0.476 e. The Balaban J connectivity index is 2.06. The van der Waals surface area contributed by atoms with Gasteiger partial charge in [0.1, 0.15) is 0 Å². The van der Waals surface area contributed by atoms with E-state index >= 15 is 0 Å². The van der Waals surface area contributed by atoms with Gasteiger partial charge >= 0.3 is 0 Å². The van der Waals surface area contributed by atoms with Crippen LogP contribution in [0.5, 0.6) is 5.88 Å². The van der Waals surface area contributed by atoms with Gasteiger partial charge < -0.3 is 10.1 Å². The van der Waals surface area contributed by atoms with Gasteiger partial charge in [-0.1, -0.05) is 19.8 Å². The van der Waals surface area contributed by atoms with Crippen molar-refractivity contribution in [3.8, 4) is 5.88 Å². The van der Waals surface area contributed by atoms with Gasteiger partial charge in [0, 0.05) is 12.2 Å². The van der Waals surface area contributed by atoms with Crippen LogP contribution >= 0.6 is 0 Å². The van der Waals surface area contributed by atoms with Crippen molar-refractivity contribution >= 4 is 5.69 Å². The number of aromatic nitrogens is 1. The summed E-state index contributed by atoms with van der Waals surface area (Å²) in [4.78, 5) is 4.27. The normalized spacial score (nSPS) is 24.4. The number of hydrogen-bond acceptors (Lipinski definition) is 3. The summed E-state index contributed by atoms with van der Waals surface area (Å²) in [6.07, 6.45) is 7.04. The van der Waals surface area contributed by atoms with Gasteiger partial charge in [0.2, 0.25) is 5.88 Å². The molecular formula is C14H22N2O. The number of anilines is 1. The van der Waals surface area contributed by atoms with E-state index in [0.717, 1.165) is 17.5 Å². The SMILES string of the molecule is CCOc1ncccc1NC1CCCCC1C. The van der Waals surface area contributed by atoms with E-state index in [4.69, 9.17) is 4.74 Å². The summed E-state index contributed by atoms with van der Waals surface area (Å²) in [5, 5.41) is 3.60. The Bertz CT molecular complexity index is 354. The zero-order chi connectivity index (χ0) is 12.1. The third-order valence-corrected chi connectivity index (χ3v) is 3.50. The highest BCUT2D eigenvalue weighted by Gasteiger charge is 2.22. The Morgan fingerprint density at radius 2 is 2.24 bits per heavy atom. The van der Waals surface area contributed by atoms with Crippen molar-refractivity contribution in [2.45, 2.75) is 45.6 Å². The van der Waals surface area contributed by atoms with Crippen LogP contribution in [0.25, 0.3) is 0 Å². The highest BCUT2D eigenvalue weighted by atomic mass is 16.5. The molecule has 1 aromatic rings. The lowest BCUT2D eigenvalue weighted by Gasteiger charge is -2.30. The van der Waals surface area contributed by atoms with E-state index in [2.05, 4.69) is 23.3 Å². The Morgan fingerprint density at radius 1 is 1.41 bits per heavy atom. The highest BCUT2D eigenvalue weighted by molar-refractivity contribution is 5.52. The summed E-state index contributed by atoms with van der Waals surface area (Å²) in [7, 11) is 0. The van der Waals surface area contributed by atoms with Crippen molar-refractivity contribution in [3.05, 3.63) is 18.3 Å². The molecule has 0 saturated heterocycles. The molecule has 0 aliphatic heterocycles. The summed E-state index contributed by atoms with van der Waals surface area (Å²) in [5.74, 6) is 1.46. The summed E-state index contributed by atoms with van der Waals surface area (Å²) >= 11 is 0. The molecule has 1 fully saturated rings. The van der Waals surface area contributed by atoms with Crippen LogP contribution in [0.4, 0.5) is 5.69 Å². The molecule has 1 aromatic heterocycles. The second-order valence-corrected chi connectivity index (χ2v) is 4.80. The average molecular weight is 234 g/mol. The quantitative estimate of drug-likeness (QED) is 0.866. The number of pyridine rings is 1. The van der Waals surface area contributed by atoms with E-state index in [1.54, 1.807) is 6.20 Å². The molecule has 0 spiro atoms. The van der Waals surface area contributed by atoms with Gasteiger partial charge in [-0.2, -0.15) is 0 Å². The summed E-state index contributed by atoms with van der Waals surface area (Å²) < 4.78 is 5.54. The first-order valence-corrected chi connectivity index (χ1v) is 6.65. The molecule has 2 atom stereocenters. The van der Waals surface area contributed by atoms with E-state index < -0.39 is 0 Å². The number of ether oxygens (including phenoxy) is 1. The van der Waals surface area contributed by atoms with E-state index in [9.17, 15) is 0 Å². The molecule has 3 nitrogen and oxygen atoms in total. The fourth-order valence-electron chi connectivity index (χ4n) is 2.48. The third-order valence-electron chi connectivity index (χ3n) is 3.50. The zero-order valence-corrected chi connectivity index (χ0v) is 10.8. The molecule has 0 bridgehead atoms. The predicted molar refractivity (Wildman–Crippen MR) is 70.4 cm³/mol. The fourth-order valence-corrected chi connectivity index (χ4v) is 2.48. The van der Waals surface area contributed by atoms with E-state index in [1.165, 1.54) is 25.7 Å². The lowest BCUT2D eigenvalue weighted by Crippen LogP contribution is -2.30. The van der Waals surface area contributed by atoms with Crippen LogP contribution in [0.3, 0.4) is 0 Å².